The number of carbonyl (C=O) groups is 1. The first-order chi connectivity index (χ1) is 13.6. The molecule has 6 nitrogen and oxygen atoms in total. The highest BCUT2D eigenvalue weighted by atomic mass is 16.5. The first-order valence-corrected chi connectivity index (χ1v) is 11.1. The van der Waals surface area contributed by atoms with Crippen LogP contribution in [0.1, 0.15) is 67.9 Å². The zero-order valence-corrected chi connectivity index (χ0v) is 17.1. The summed E-state index contributed by atoms with van der Waals surface area (Å²) in [6.07, 6.45) is 6.64. The zero-order valence-electron chi connectivity index (χ0n) is 17.1. The van der Waals surface area contributed by atoms with E-state index in [1.165, 1.54) is 32.1 Å². The van der Waals surface area contributed by atoms with Crippen LogP contribution in [0.15, 0.2) is 6.07 Å². The van der Waals surface area contributed by atoms with Crippen LogP contribution in [-0.2, 0) is 4.74 Å². The van der Waals surface area contributed by atoms with Crippen molar-refractivity contribution in [1.29, 1.82) is 0 Å². The fraction of sp³-hybridized carbons (Fsp3) is 0.773. The minimum absolute atomic E-state index is 0.0413. The number of amides is 1. The number of morpholine rings is 1. The topological polar surface area (TPSA) is 67.4 Å². The predicted octanol–water partition coefficient (Wildman–Crippen LogP) is 2.99. The molecule has 0 radical (unpaired) electrons. The van der Waals surface area contributed by atoms with Crippen LogP contribution < -0.4 is 10.2 Å². The average molecular weight is 385 g/mol. The van der Waals surface area contributed by atoms with Gasteiger partial charge in [0.15, 0.2) is 11.5 Å². The van der Waals surface area contributed by atoms with Gasteiger partial charge in [0, 0.05) is 24.7 Å². The molecule has 0 spiro atoms. The van der Waals surface area contributed by atoms with E-state index in [1.807, 2.05) is 6.07 Å². The molecule has 0 atom stereocenters. The number of hydrogen-bond donors (Lipinski definition) is 1. The number of hydrogen-bond acceptors (Lipinski definition) is 5. The minimum Gasteiger partial charge on any atom is -0.378 e. The zero-order chi connectivity index (χ0) is 19.3. The van der Waals surface area contributed by atoms with Crippen LogP contribution in [0.5, 0.6) is 0 Å². The summed E-state index contributed by atoms with van der Waals surface area (Å²) in [5.74, 6) is 4.33. The minimum atomic E-state index is -0.0413. The van der Waals surface area contributed by atoms with Gasteiger partial charge < -0.3 is 15.0 Å². The lowest BCUT2D eigenvalue weighted by Crippen LogP contribution is -2.55. The number of ether oxygens (including phenoxy) is 1. The lowest BCUT2D eigenvalue weighted by atomic mass is 9.54. The molecule has 6 heteroatoms. The number of anilines is 1. The summed E-state index contributed by atoms with van der Waals surface area (Å²) in [6.45, 7) is 7.39. The van der Waals surface area contributed by atoms with E-state index in [4.69, 9.17) is 4.74 Å². The van der Waals surface area contributed by atoms with Crippen molar-refractivity contribution < 1.29 is 9.53 Å². The van der Waals surface area contributed by atoms with E-state index in [1.54, 1.807) is 0 Å². The van der Waals surface area contributed by atoms with Crippen LogP contribution in [0, 0.1) is 23.7 Å². The number of nitrogens with one attached hydrogen (secondary N) is 1. The molecule has 4 saturated carbocycles. The molecule has 1 N–H and O–H groups in total. The Morgan fingerprint density at radius 3 is 2.32 bits per heavy atom. The summed E-state index contributed by atoms with van der Waals surface area (Å²) < 4.78 is 5.46. The third kappa shape index (κ3) is 3.30. The highest BCUT2D eigenvalue weighted by Crippen LogP contribution is 2.53. The molecule has 6 rings (SSSR count). The van der Waals surface area contributed by atoms with Crippen molar-refractivity contribution in [3.05, 3.63) is 17.3 Å². The Kier molecular flexibility index (Phi) is 4.77. The van der Waals surface area contributed by atoms with Crippen molar-refractivity contribution in [3.63, 3.8) is 0 Å². The first kappa shape index (κ1) is 18.3. The fourth-order valence-corrected chi connectivity index (χ4v) is 6.34. The lowest BCUT2D eigenvalue weighted by molar-refractivity contribution is -0.0120. The van der Waals surface area contributed by atoms with Gasteiger partial charge in [-0.3, -0.25) is 4.79 Å². The Balaban J connectivity index is 1.34. The van der Waals surface area contributed by atoms with Gasteiger partial charge in [-0.2, -0.15) is 0 Å². The highest BCUT2D eigenvalue weighted by Gasteiger charge is 2.48. The Morgan fingerprint density at radius 1 is 1.07 bits per heavy atom. The summed E-state index contributed by atoms with van der Waals surface area (Å²) in [5, 5.41) is 12.2. The quantitative estimate of drug-likeness (QED) is 0.864. The van der Waals surface area contributed by atoms with Gasteiger partial charge in [-0.25, -0.2) is 0 Å². The van der Waals surface area contributed by atoms with Crippen molar-refractivity contribution in [2.45, 2.75) is 57.9 Å². The third-order valence-electron chi connectivity index (χ3n) is 7.49. The smallest absolute Gasteiger partial charge is 0.272 e. The number of nitrogens with zero attached hydrogens (tertiary/aromatic N) is 3. The largest absolute Gasteiger partial charge is 0.378 e. The molecule has 5 fully saturated rings. The van der Waals surface area contributed by atoms with Gasteiger partial charge in [-0.1, -0.05) is 13.8 Å². The molecule has 152 valence electrons. The maximum absolute atomic E-state index is 13.1. The SMILES string of the molecule is CC(C)c1cc(C(=O)NC2C3CC4CC(C3)CC2C4)nnc1N1CCOCC1. The van der Waals surface area contributed by atoms with E-state index in [-0.39, 0.29) is 5.91 Å². The van der Waals surface area contributed by atoms with Crippen LogP contribution in [0.3, 0.4) is 0 Å². The van der Waals surface area contributed by atoms with Crippen LogP contribution in [0.4, 0.5) is 5.82 Å². The van der Waals surface area contributed by atoms with Crippen molar-refractivity contribution in [1.82, 2.24) is 15.5 Å². The van der Waals surface area contributed by atoms with Crippen molar-refractivity contribution >= 4 is 11.7 Å². The van der Waals surface area contributed by atoms with Gasteiger partial charge in [0.25, 0.3) is 5.91 Å². The summed E-state index contributed by atoms with van der Waals surface area (Å²) in [6, 6.07) is 2.30. The molecule has 28 heavy (non-hydrogen) atoms. The van der Waals surface area contributed by atoms with E-state index < -0.39 is 0 Å². The maximum Gasteiger partial charge on any atom is 0.272 e. The van der Waals surface area contributed by atoms with Crippen LogP contribution in [0.25, 0.3) is 0 Å². The summed E-state index contributed by atoms with van der Waals surface area (Å²) >= 11 is 0. The van der Waals surface area contributed by atoms with Gasteiger partial charge in [-0.15, -0.1) is 10.2 Å². The standard InChI is InChI=1S/C22H32N4O2/c1-13(2)18-12-19(24-25-21(18)26-3-5-28-6-4-26)22(27)23-20-16-8-14-7-15(10-16)11-17(20)9-14/h12-17,20H,3-11H2,1-2H3,(H,23,27). The van der Waals surface area contributed by atoms with E-state index in [0.29, 0.717) is 42.7 Å². The van der Waals surface area contributed by atoms with Crippen LogP contribution in [-0.4, -0.2) is 48.4 Å². The second-order valence-corrected chi connectivity index (χ2v) is 9.69. The summed E-state index contributed by atoms with van der Waals surface area (Å²) in [4.78, 5) is 15.3. The molecule has 4 bridgehead atoms. The first-order valence-electron chi connectivity index (χ1n) is 11.1. The molecule has 0 aromatic carbocycles. The molecule has 5 aliphatic rings. The second-order valence-electron chi connectivity index (χ2n) is 9.69. The summed E-state index contributed by atoms with van der Waals surface area (Å²) in [7, 11) is 0. The van der Waals surface area contributed by atoms with E-state index in [2.05, 4.69) is 34.3 Å². The Bertz CT molecular complexity index is 716. The van der Waals surface area contributed by atoms with Crippen molar-refractivity contribution in [3.8, 4) is 0 Å². The molecule has 1 saturated heterocycles. The monoisotopic (exact) mass is 384 g/mol. The van der Waals surface area contributed by atoms with Crippen molar-refractivity contribution in [2.24, 2.45) is 23.7 Å². The van der Waals surface area contributed by atoms with Crippen LogP contribution in [0.2, 0.25) is 0 Å². The lowest BCUT2D eigenvalue weighted by Gasteiger charge is -2.54. The number of carbonyl (C=O) groups excluding carboxylic acids is 1. The molecule has 0 unspecified atom stereocenters. The fourth-order valence-electron chi connectivity index (χ4n) is 6.34. The number of aromatic nitrogens is 2. The number of rotatable bonds is 4. The van der Waals surface area contributed by atoms with E-state index in [9.17, 15) is 4.79 Å². The normalized spacial score (nSPS) is 34.1. The Labute approximate surface area is 167 Å². The van der Waals surface area contributed by atoms with Gasteiger partial charge in [0.1, 0.15) is 0 Å². The van der Waals surface area contributed by atoms with Gasteiger partial charge >= 0.3 is 0 Å². The molecule has 1 amide bonds. The Morgan fingerprint density at radius 2 is 1.71 bits per heavy atom. The molecule has 2 heterocycles. The molecule has 1 aromatic heterocycles. The highest BCUT2D eigenvalue weighted by molar-refractivity contribution is 5.92. The molecule has 1 aliphatic heterocycles. The molecular weight excluding hydrogens is 352 g/mol. The summed E-state index contributed by atoms with van der Waals surface area (Å²) in [5.41, 5.74) is 1.57. The maximum atomic E-state index is 13.1. The molecule has 4 aliphatic carbocycles. The van der Waals surface area contributed by atoms with Gasteiger partial charge in [-0.05, 0) is 67.8 Å². The molecule has 1 aromatic rings. The average Bonchev–Trinajstić information content (AvgIpc) is 2.70. The second kappa shape index (κ2) is 7.29. The van der Waals surface area contributed by atoms with Crippen LogP contribution >= 0.6 is 0 Å². The van der Waals surface area contributed by atoms with Crippen molar-refractivity contribution in [2.75, 3.05) is 31.2 Å². The molecular formula is C22H32N4O2. The Hall–Kier alpha value is -1.69. The van der Waals surface area contributed by atoms with Gasteiger partial charge in [0.2, 0.25) is 0 Å². The third-order valence-corrected chi connectivity index (χ3v) is 7.49. The van der Waals surface area contributed by atoms with E-state index >= 15 is 0 Å². The van der Waals surface area contributed by atoms with Gasteiger partial charge in [0.05, 0.1) is 13.2 Å². The van der Waals surface area contributed by atoms with E-state index in [0.717, 1.165) is 36.3 Å². The predicted molar refractivity (Wildman–Crippen MR) is 107 cm³/mol.